The Morgan fingerprint density at radius 2 is 1.13 bits per heavy atom. The molecule has 0 aromatic rings. The number of quaternary nitrogens is 1. The molecule has 0 fully saturated rings. The summed E-state index contributed by atoms with van der Waals surface area (Å²) in [4.78, 5) is 35.3. The quantitative estimate of drug-likeness (QED) is 0.0157. The van der Waals surface area contributed by atoms with Crippen molar-refractivity contribution < 1.29 is 47.2 Å². The fourth-order valence-corrected chi connectivity index (χ4v) is 6.43. The van der Waals surface area contributed by atoms with Crippen LogP contribution >= 0.6 is 7.82 Å². The standard InChI is InChI=1S/C42H80NO9P/c1-6-8-10-12-14-15-16-17-18-19-21-25-29-33-41(45)49-37-40(38-51-53(47,48)50-36-35-43(3,4)5)52-42(46)34-30-26-22-24-28-32-39(44)31-27-23-20-13-11-9-7-2/h20,23,31,40H,6-19,21-22,24-30,32-38H2,1-5H3,(H-,44,47,48)/p+1/b23-20-,39-31+. The highest BCUT2D eigenvalue weighted by molar-refractivity contribution is 7.47. The lowest BCUT2D eigenvalue weighted by Gasteiger charge is -2.24. The van der Waals surface area contributed by atoms with E-state index in [-0.39, 0.29) is 32.0 Å². The molecule has 2 unspecified atom stereocenters. The second kappa shape index (κ2) is 34.8. The van der Waals surface area contributed by atoms with Gasteiger partial charge in [0.25, 0.3) is 0 Å². The average Bonchev–Trinajstić information content (AvgIpc) is 3.10. The van der Waals surface area contributed by atoms with Gasteiger partial charge in [0.05, 0.1) is 33.5 Å². The number of phosphoric ester groups is 1. The Morgan fingerprint density at radius 1 is 0.642 bits per heavy atom. The minimum absolute atomic E-state index is 0.0162. The number of aliphatic hydroxyl groups excluding tert-OH is 1. The number of ether oxygens (including phenoxy) is 2. The van der Waals surface area contributed by atoms with E-state index in [9.17, 15) is 24.2 Å². The zero-order valence-electron chi connectivity index (χ0n) is 34.7. The predicted octanol–water partition coefficient (Wildman–Crippen LogP) is 11.5. The van der Waals surface area contributed by atoms with Gasteiger partial charge in [-0.25, -0.2) is 4.57 Å². The number of carbonyl (C=O) groups excluding carboxylic acids is 2. The Hall–Kier alpha value is -1.71. The number of rotatable bonds is 38. The molecule has 0 aliphatic heterocycles. The fourth-order valence-electron chi connectivity index (χ4n) is 5.69. The number of phosphoric acid groups is 1. The van der Waals surface area contributed by atoms with Crippen LogP contribution in [0.3, 0.4) is 0 Å². The van der Waals surface area contributed by atoms with Gasteiger partial charge >= 0.3 is 19.8 Å². The van der Waals surface area contributed by atoms with Crippen molar-refractivity contribution in [2.75, 3.05) is 47.5 Å². The maximum Gasteiger partial charge on any atom is 0.472 e. The third-order valence-corrected chi connectivity index (χ3v) is 10.1. The van der Waals surface area contributed by atoms with Crippen LogP contribution in [0.1, 0.15) is 181 Å². The Kier molecular flexibility index (Phi) is 33.6. The largest absolute Gasteiger partial charge is 0.513 e. The summed E-state index contributed by atoms with van der Waals surface area (Å²) in [5.41, 5.74) is 0. The number of aliphatic hydroxyl groups is 1. The molecule has 312 valence electrons. The van der Waals surface area contributed by atoms with Crippen molar-refractivity contribution in [3.63, 3.8) is 0 Å². The van der Waals surface area contributed by atoms with Crippen molar-refractivity contribution in [3.8, 4) is 0 Å². The molecule has 11 heteroatoms. The van der Waals surface area contributed by atoms with Crippen LogP contribution in [0.2, 0.25) is 0 Å². The molecule has 0 aliphatic rings. The van der Waals surface area contributed by atoms with Gasteiger partial charge in [-0.15, -0.1) is 0 Å². The van der Waals surface area contributed by atoms with Crippen LogP contribution in [-0.4, -0.2) is 80.0 Å². The van der Waals surface area contributed by atoms with Crippen LogP contribution < -0.4 is 0 Å². The topological polar surface area (TPSA) is 129 Å². The van der Waals surface area contributed by atoms with Gasteiger partial charge in [-0.05, 0) is 44.6 Å². The van der Waals surface area contributed by atoms with E-state index in [1.165, 1.54) is 83.5 Å². The molecule has 2 atom stereocenters. The maximum atomic E-state index is 12.7. The van der Waals surface area contributed by atoms with Gasteiger partial charge in [-0.1, -0.05) is 135 Å². The summed E-state index contributed by atoms with van der Waals surface area (Å²) in [6.07, 6.45) is 31.8. The van der Waals surface area contributed by atoms with Crippen molar-refractivity contribution >= 4 is 19.8 Å². The number of carbonyl (C=O) groups is 2. The third kappa shape index (κ3) is 38.4. The number of unbranched alkanes of at least 4 members (excludes halogenated alkanes) is 19. The number of esters is 2. The van der Waals surface area contributed by atoms with E-state index < -0.39 is 26.5 Å². The molecule has 0 aliphatic carbocycles. The van der Waals surface area contributed by atoms with Gasteiger partial charge in [0, 0.05) is 19.3 Å². The zero-order valence-corrected chi connectivity index (χ0v) is 35.6. The molecule has 0 radical (unpaired) electrons. The minimum Gasteiger partial charge on any atom is -0.513 e. The first-order chi connectivity index (χ1) is 25.4. The molecule has 0 aromatic heterocycles. The normalized spacial score (nSPS) is 14.0. The molecule has 0 saturated carbocycles. The molecule has 0 rings (SSSR count). The highest BCUT2D eigenvalue weighted by Gasteiger charge is 2.27. The van der Waals surface area contributed by atoms with E-state index in [0.29, 0.717) is 29.6 Å². The van der Waals surface area contributed by atoms with E-state index in [4.69, 9.17) is 18.5 Å². The Labute approximate surface area is 324 Å². The molecule has 0 bridgehead atoms. The number of allylic oxidation sites excluding steroid dienone is 4. The smallest absolute Gasteiger partial charge is 0.472 e. The first kappa shape index (κ1) is 51.3. The summed E-state index contributed by atoms with van der Waals surface area (Å²) in [6, 6.07) is 0. The number of hydrogen-bond donors (Lipinski definition) is 2. The summed E-state index contributed by atoms with van der Waals surface area (Å²) >= 11 is 0. The van der Waals surface area contributed by atoms with E-state index >= 15 is 0 Å². The van der Waals surface area contributed by atoms with E-state index in [1.54, 1.807) is 0 Å². The maximum absolute atomic E-state index is 12.7. The van der Waals surface area contributed by atoms with Gasteiger partial charge in [-0.3, -0.25) is 18.6 Å². The highest BCUT2D eigenvalue weighted by Crippen LogP contribution is 2.43. The van der Waals surface area contributed by atoms with Gasteiger partial charge in [0.15, 0.2) is 6.10 Å². The van der Waals surface area contributed by atoms with E-state index in [2.05, 4.69) is 26.0 Å². The first-order valence-electron chi connectivity index (χ1n) is 21.2. The Bertz CT molecular complexity index is 996. The number of likely N-dealkylation sites (N-methyl/N-ethyl adjacent to an activating group) is 1. The van der Waals surface area contributed by atoms with E-state index in [1.807, 2.05) is 27.2 Å². The van der Waals surface area contributed by atoms with Crippen LogP contribution in [0.25, 0.3) is 0 Å². The molecule has 0 spiro atoms. The lowest BCUT2D eigenvalue weighted by molar-refractivity contribution is -0.870. The molecular weight excluding hydrogens is 693 g/mol. The molecule has 0 heterocycles. The summed E-state index contributed by atoms with van der Waals surface area (Å²) in [5.74, 6) is -0.440. The van der Waals surface area contributed by atoms with Crippen molar-refractivity contribution in [2.24, 2.45) is 0 Å². The predicted molar refractivity (Wildman–Crippen MR) is 217 cm³/mol. The van der Waals surface area contributed by atoms with Gasteiger partial charge < -0.3 is 24.0 Å². The Morgan fingerprint density at radius 3 is 1.68 bits per heavy atom. The van der Waals surface area contributed by atoms with E-state index in [0.717, 1.165) is 57.8 Å². The molecule has 0 amide bonds. The lowest BCUT2D eigenvalue weighted by atomic mass is 10.0. The van der Waals surface area contributed by atoms with Crippen LogP contribution in [0.15, 0.2) is 24.0 Å². The highest BCUT2D eigenvalue weighted by atomic mass is 31.2. The summed E-state index contributed by atoms with van der Waals surface area (Å²) < 4.78 is 34.2. The molecule has 2 N–H and O–H groups in total. The summed E-state index contributed by atoms with van der Waals surface area (Å²) in [6.45, 7) is 4.27. The van der Waals surface area contributed by atoms with Crippen molar-refractivity contribution in [2.45, 2.75) is 187 Å². The van der Waals surface area contributed by atoms with Crippen LogP contribution in [0.4, 0.5) is 0 Å². The molecule has 0 saturated heterocycles. The van der Waals surface area contributed by atoms with Crippen LogP contribution in [0.5, 0.6) is 0 Å². The molecular formula is C42H81NO9P+. The second-order valence-electron chi connectivity index (χ2n) is 15.6. The number of nitrogens with zero attached hydrogens (tertiary/aromatic N) is 1. The van der Waals surface area contributed by atoms with Crippen molar-refractivity contribution in [1.82, 2.24) is 0 Å². The minimum atomic E-state index is -4.39. The van der Waals surface area contributed by atoms with Crippen molar-refractivity contribution in [3.05, 3.63) is 24.0 Å². The van der Waals surface area contributed by atoms with Gasteiger partial charge in [-0.2, -0.15) is 0 Å². The van der Waals surface area contributed by atoms with Crippen LogP contribution in [0, 0.1) is 0 Å². The average molecular weight is 775 g/mol. The van der Waals surface area contributed by atoms with Crippen LogP contribution in [-0.2, 0) is 32.7 Å². The molecule has 53 heavy (non-hydrogen) atoms. The second-order valence-corrected chi connectivity index (χ2v) is 17.0. The first-order valence-corrected chi connectivity index (χ1v) is 22.7. The fraction of sp³-hybridized carbons (Fsp3) is 0.857. The number of hydrogen-bond acceptors (Lipinski definition) is 8. The monoisotopic (exact) mass is 775 g/mol. The zero-order chi connectivity index (χ0) is 39.5. The van der Waals surface area contributed by atoms with Crippen molar-refractivity contribution in [1.29, 1.82) is 0 Å². The lowest BCUT2D eigenvalue weighted by Crippen LogP contribution is -2.37. The molecule has 0 aromatic carbocycles. The SMILES string of the molecule is CCCCC/C=C\C/C=C(/O)CCCCCCCC(=O)OC(COC(=O)CCCCCCCCCCCCCCC)COP(=O)(O)OCC[N+](C)(C)C. The van der Waals surface area contributed by atoms with Gasteiger partial charge in [0.1, 0.15) is 19.8 Å². The Balaban J connectivity index is 4.47. The van der Waals surface area contributed by atoms with Gasteiger partial charge in [0.2, 0.25) is 0 Å². The third-order valence-electron chi connectivity index (χ3n) is 9.10. The summed E-state index contributed by atoms with van der Waals surface area (Å²) in [7, 11) is 1.42. The molecule has 10 nitrogen and oxygen atoms in total. The summed E-state index contributed by atoms with van der Waals surface area (Å²) in [5, 5.41) is 10.1.